The third-order valence-electron chi connectivity index (χ3n) is 3.36. The van der Waals surface area contributed by atoms with Crippen molar-refractivity contribution in [2.24, 2.45) is 5.41 Å². The molecule has 0 aliphatic heterocycles. The SMILES string of the molecule is CC(C)c1ccccc1NC(=O)N(CCCO)CC(C)(C)C. The second-order valence-corrected chi connectivity index (χ2v) is 7.23. The summed E-state index contributed by atoms with van der Waals surface area (Å²) in [7, 11) is 0. The van der Waals surface area contributed by atoms with E-state index >= 15 is 0 Å². The zero-order valence-corrected chi connectivity index (χ0v) is 14.5. The number of amides is 2. The fourth-order valence-electron chi connectivity index (χ4n) is 2.40. The first-order chi connectivity index (χ1) is 10.2. The van der Waals surface area contributed by atoms with E-state index in [1.165, 1.54) is 0 Å². The fourth-order valence-corrected chi connectivity index (χ4v) is 2.40. The van der Waals surface area contributed by atoms with Crippen LogP contribution >= 0.6 is 0 Å². The van der Waals surface area contributed by atoms with Crippen molar-refractivity contribution in [1.29, 1.82) is 0 Å². The molecule has 0 aromatic heterocycles. The maximum atomic E-state index is 12.6. The van der Waals surface area contributed by atoms with Crippen LogP contribution < -0.4 is 5.32 Å². The number of nitrogens with zero attached hydrogens (tertiary/aromatic N) is 1. The molecule has 0 bridgehead atoms. The van der Waals surface area contributed by atoms with Gasteiger partial charge in [0.25, 0.3) is 0 Å². The van der Waals surface area contributed by atoms with E-state index in [1.807, 2.05) is 24.3 Å². The highest BCUT2D eigenvalue weighted by molar-refractivity contribution is 5.90. The molecule has 4 nitrogen and oxygen atoms in total. The van der Waals surface area contributed by atoms with Crippen LogP contribution in [0.25, 0.3) is 0 Å². The summed E-state index contributed by atoms with van der Waals surface area (Å²) in [4.78, 5) is 14.4. The van der Waals surface area contributed by atoms with Gasteiger partial charge < -0.3 is 15.3 Å². The van der Waals surface area contributed by atoms with Crippen molar-refractivity contribution in [2.45, 2.75) is 47.0 Å². The molecule has 0 radical (unpaired) electrons. The van der Waals surface area contributed by atoms with Gasteiger partial charge in [0.1, 0.15) is 0 Å². The van der Waals surface area contributed by atoms with E-state index in [4.69, 9.17) is 5.11 Å². The summed E-state index contributed by atoms with van der Waals surface area (Å²) in [6.07, 6.45) is 0.593. The number of aliphatic hydroxyl groups excluding tert-OH is 1. The monoisotopic (exact) mass is 306 g/mol. The fraction of sp³-hybridized carbons (Fsp3) is 0.611. The average Bonchev–Trinajstić information content (AvgIpc) is 2.42. The van der Waals surface area contributed by atoms with Gasteiger partial charge >= 0.3 is 6.03 Å². The molecule has 0 heterocycles. The lowest BCUT2D eigenvalue weighted by atomic mass is 9.96. The third kappa shape index (κ3) is 6.06. The Balaban J connectivity index is 2.86. The molecule has 124 valence electrons. The molecule has 0 spiro atoms. The standard InChI is InChI=1S/C18H30N2O2/c1-14(2)15-9-6-7-10-16(15)19-17(22)20(11-8-12-21)13-18(3,4)5/h6-7,9-10,14,21H,8,11-13H2,1-5H3,(H,19,22). The van der Waals surface area contributed by atoms with Crippen molar-refractivity contribution in [3.63, 3.8) is 0 Å². The molecule has 0 fully saturated rings. The van der Waals surface area contributed by atoms with Gasteiger partial charge in [-0.3, -0.25) is 0 Å². The van der Waals surface area contributed by atoms with Crippen LogP contribution in [0.3, 0.4) is 0 Å². The molecular formula is C18H30N2O2. The van der Waals surface area contributed by atoms with Gasteiger partial charge in [-0.25, -0.2) is 4.79 Å². The van der Waals surface area contributed by atoms with Crippen molar-refractivity contribution < 1.29 is 9.90 Å². The number of carbonyl (C=O) groups excluding carboxylic acids is 1. The van der Waals surface area contributed by atoms with Crippen LogP contribution in [0.15, 0.2) is 24.3 Å². The molecule has 0 atom stereocenters. The molecule has 1 aromatic carbocycles. The number of para-hydroxylation sites is 1. The molecule has 1 rings (SSSR count). The summed E-state index contributed by atoms with van der Waals surface area (Å²) in [6.45, 7) is 11.9. The first-order valence-electron chi connectivity index (χ1n) is 8.00. The molecular weight excluding hydrogens is 276 g/mol. The van der Waals surface area contributed by atoms with Gasteiger partial charge in [-0.05, 0) is 29.4 Å². The van der Waals surface area contributed by atoms with Gasteiger partial charge in [0, 0.05) is 25.4 Å². The molecule has 0 saturated heterocycles. The number of nitrogens with one attached hydrogen (secondary N) is 1. The predicted molar refractivity (Wildman–Crippen MR) is 92.3 cm³/mol. The van der Waals surface area contributed by atoms with Crippen LogP contribution in [0.4, 0.5) is 10.5 Å². The Morgan fingerprint density at radius 1 is 1.27 bits per heavy atom. The highest BCUT2D eigenvalue weighted by atomic mass is 16.3. The van der Waals surface area contributed by atoms with E-state index in [2.05, 4.69) is 39.9 Å². The Morgan fingerprint density at radius 3 is 2.45 bits per heavy atom. The summed E-state index contributed by atoms with van der Waals surface area (Å²) in [6, 6.07) is 7.81. The van der Waals surface area contributed by atoms with Gasteiger partial charge in [-0.15, -0.1) is 0 Å². The van der Waals surface area contributed by atoms with Crippen molar-refractivity contribution in [2.75, 3.05) is 25.0 Å². The van der Waals surface area contributed by atoms with Crippen molar-refractivity contribution in [1.82, 2.24) is 4.90 Å². The van der Waals surface area contributed by atoms with Crippen LogP contribution in [-0.2, 0) is 0 Å². The molecule has 0 aliphatic carbocycles. The minimum atomic E-state index is -0.100. The first-order valence-corrected chi connectivity index (χ1v) is 8.00. The van der Waals surface area contributed by atoms with E-state index in [1.54, 1.807) is 4.90 Å². The minimum Gasteiger partial charge on any atom is -0.396 e. The molecule has 2 amide bonds. The number of rotatable bonds is 6. The normalized spacial score (nSPS) is 11.6. The Kier molecular flexibility index (Phi) is 6.88. The van der Waals surface area contributed by atoms with Gasteiger partial charge in [-0.2, -0.15) is 0 Å². The van der Waals surface area contributed by atoms with Gasteiger partial charge in [0.05, 0.1) is 0 Å². The van der Waals surface area contributed by atoms with Gasteiger partial charge in [-0.1, -0.05) is 52.8 Å². The number of anilines is 1. The number of urea groups is 1. The van der Waals surface area contributed by atoms with E-state index in [9.17, 15) is 4.79 Å². The van der Waals surface area contributed by atoms with E-state index in [0.717, 1.165) is 11.3 Å². The van der Waals surface area contributed by atoms with Crippen LogP contribution in [0, 0.1) is 5.41 Å². The maximum Gasteiger partial charge on any atom is 0.321 e. The summed E-state index contributed by atoms with van der Waals surface area (Å²) in [5, 5.41) is 12.1. The maximum absolute atomic E-state index is 12.6. The third-order valence-corrected chi connectivity index (χ3v) is 3.36. The Hall–Kier alpha value is -1.55. The quantitative estimate of drug-likeness (QED) is 0.832. The van der Waals surface area contributed by atoms with Crippen molar-refractivity contribution in [3.05, 3.63) is 29.8 Å². The number of carbonyl (C=O) groups is 1. The first kappa shape index (κ1) is 18.5. The van der Waals surface area contributed by atoms with Crippen LogP contribution in [0.1, 0.15) is 52.5 Å². The average molecular weight is 306 g/mol. The Labute approximate surface area is 134 Å². The van der Waals surface area contributed by atoms with Crippen LogP contribution in [0.2, 0.25) is 0 Å². The van der Waals surface area contributed by atoms with E-state index in [-0.39, 0.29) is 18.1 Å². The predicted octanol–water partition coefficient (Wildman–Crippen LogP) is 4.07. The largest absolute Gasteiger partial charge is 0.396 e. The molecule has 0 saturated carbocycles. The van der Waals surface area contributed by atoms with Gasteiger partial charge in [0.15, 0.2) is 0 Å². The summed E-state index contributed by atoms with van der Waals surface area (Å²) < 4.78 is 0. The summed E-state index contributed by atoms with van der Waals surface area (Å²) >= 11 is 0. The van der Waals surface area contributed by atoms with Crippen LogP contribution in [0.5, 0.6) is 0 Å². The number of aliphatic hydroxyl groups is 1. The highest BCUT2D eigenvalue weighted by Crippen LogP contribution is 2.24. The van der Waals surface area contributed by atoms with Crippen molar-refractivity contribution >= 4 is 11.7 Å². The summed E-state index contributed by atoms with van der Waals surface area (Å²) in [5.74, 6) is 0.352. The lowest BCUT2D eigenvalue weighted by Gasteiger charge is -2.30. The lowest BCUT2D eigenvalue weighted by Crippen LogP contribution is -2.41. The van der Waals surface area contributed by atoms with Crippen molar-refractivity contribution in [3.8, 4) is 0 Å². The molecule has 4 heteroatoms. The number of hydrogen-bond acceptors (Lipinski definition) is 2. The summed E-state index contributed by atoms with van der Waals surface area (Å²) in [5.41, 5.74) is 2.02. The minimum absolute atomic E-state index is 0.0182. The molecule has 0 aliphatic rings. The molecule has 22 heavy (non-hydrogen) atoms. The highest BCUT2D eigenvalue weighted by Gasteiger charge is 2.21. The molecule has 0 unspecified atom stereocenters. The van der Waals surface area contributed by atoms with E-state index < -0.39 is 0 Å². The smallest absolute Gasteiger partial charge is 0.321 e. The Bertz CT molecular complexity index is 478. The number of hydrogen-bond donors (Lipinski definition) is 2. The van der Waals surface area contributed by atoms with E-state index in [0.29, 0.717) is 25.4 Å². The molecule has 2 N–H and O–H groups in total. The zero-order valence-electron chi connectivity index (χ0n) is 14.5. The zero-order chi connectivity index (χ0) is 16.8. The second-order valence-electron chi connectivity index (χ2n) is 7.23. The lowest BCUT2D eigenvalue weighted by molar-refractivity contribution is 0.176. The Morgan fingerprint density at radius 2 is 1.91 bits per heavy atom. The van der Waals surface area contributed by atoms with Gasteiger partial charge in [0.2, 0.25) is 0 Å². The molecule has 1 aromatic rings. The second kappa shape index (κ2) is 8.18. The number of benzene rings is 1. The van der Waals surface area contributed by atoms with Crippen LogP contribution in [-0.4, -0.2) is 35.7 Å². The topological polar surface area (TPSA) is 52.6 Å².